The molecule has 2 aromatic carbocycles. The smallest absolute Gasteiger partial charge is 0.337 e. The molecule has 3 N–H and O–H groups in total. The van der Waals surface area contributed by atoms with E-state index in [2.05, 4.69) is 31.9 Å². The zero-order chi connectivity index (χ0) is 20.9. The first kappa shape index (κ1) is 20.4. The number of halogens is 3. The number of H-pyrrole nitrogens is 1. The number of para-hydroxylation sites is 1. The number of alkyl halides is 3. The molecule has 2 amide bonds. The largest absolute Gasteiger partial charge is 0.418 e. The van der Waals surface area contributed by atoms with Gasteiger partial charge in [0.2, 0.25) is 0 Å². The second-order valence-corrected chi connectivity index (χ2v) is 6.54. The summed E-state index contributed by atoms with van der Waals surface area (Å²) in [5.74, 6) is 1.22. The summed E-state index contributed by atoms with van der Waals surface area (Å²) in [5, 5.41) is 11.7. The van der Waals surface area contributed by atoms with Crippen LogP contribution in [0.5, 0.6) is 0 Å². The number of hydrogen-bond acceptors (Lipinski definition) is 3. The molecule has 0 unspecified atom stereocenters. The van der Waals surface area contributed by atoms with E-state index in [0.29, 0.717) is 24.5 Å². The zero-order valence-corrected chi connectivity index (χ0v) is 15.7. The maximum atomic E-state index is 13.0. The van der Waals surface area contributed by atoms with Crippen LogP contribution in [0, 0.1) is 6.92 Å². The summed E-state index contributed by atoms with van der Waals surface area (Å²) in [5.41, 5.74) is 1.07. The minimum absolute atomic E-state index is 0.182. The molecule has 1 aromatic heterocycles. The Balaban J connectivity index is 1.50. The predicted octanol–water partition coefficient (Wildman–Crippen LogP) is 4.09. The van der Waals surface area contributed by atoms with Crippen LogP contribution in [0.2, 0.25) is 0 Å². The first-order valence-corrected chi connectivity index (χ1v) is 8.98. The van der Waals surface area contributed by atoms with Gasteiger partial charge in [-0.25, -0.2) is 9.78 Å². The lowest BCUT2D eigenvalue weighted by molar-refractivity contribution is -0.136. The highest BCUT2D eigenvalue weighted by Crippen LogP contribution is 2.34. The summed E-state index contributed by atoms with van der Waals surface area (Å²) < 4.78 is 38.9. The molecule has 0 bridgehead atoms. The third-order valence-electron chi connectivity index (χ3n) is 4.15. The van der Waals surface area contributed by atoms with Crippen molar-refractivity contribution in [2.75, 3.05) is 11.9 Å². The fourth-order valence-corrected chi connectivity index (χ4v) is 2.83. The number of benzene rings is 2. The van der Waals surface area contributed by atoms with Crippen LogP contribution in [0.4, 0.5) is 23.7 Å². The van der Waals surface area contributed by atoms with Gasteiger partial charge in [0.05, 0.1) is 11.3 Å². The molecule has 0 fully saturated rings. The van der Waals surface area contributed by atoms with Crippen molar-refractivity contribution >= 4 is 11.7 Å². The maximum absolute atomic E-state index is 13.0. The quantitative estimate of drug-likeness (QED) is 0.580. The highest BCUT2D eigenvalue weighted by molar-refractivity contribution is 5.90. The molecule has 3 rings (SSSR count). The molecular formula is C20H20F3N5O. The van der Waals surface area contributed by atoms with Crippen LogP contribution in [0.15, 0.2) is 48.5 Å². The van der Waals surface area contributed by atoms with Crippen molar-refractivity contribution in [1.82, 2.24) is 20.5 Å². The monoisotopic (exact) mass is 403 g/mol. The van der Waals surface area contributed by atoms with Crippen LogP contribution in [0.3, 0.4) is 0 Å². The van der Waals surface area contributed by atoms with E-state index in [1.807, 2.05) is 25.1 Å². The Hall–Kier alpha value is -3.36. The first-order valence-electron chi connectivity index (χ1n) is 8.98. The van der Waals surface area contributed by atoms with Gasteiger partial charge in [-0.1, -0.05) is 42.0 Å². The van der Waals surface area contributed by atoms with Crippen molar-refractivity contribution in [2.24, 2.45) is 0 Å². The second kappa shape index (κ2) is 8.76. The van der Waals surface area contributed by atoms with Gasteiger partial charge in [0.1, 0.15) is 5.82 Å². The van der Waals surface area contributed by atoms with E-state index in [1.165, 1.54) is 18.2 Å². The molecule has 0 aliphatic rings. The summed E-state index contributed by atoms with van der Waals surface area (Å²) in [7, 11) is 0. The normalized spacial score (nSPS) is 11.3. The minimum Gasteiger partial charge on any atom is -0.337 e. The number of carbonyl (C=O) groups is 1. The zero-order valence-electron chi connectivity index (χ0n) is 15.7. The molecule has 9 heteroatoms. The molecule has 0 spiro atoms. The van der Waals surface area contributed by atoms with Crippen LogP contribution in [-0.2, 0) is 19.0 Å². The SMILES string of the molecule is Cc1cccc(Cc2nc(CCNC(=O)Nc3ccccc3C(F)(F)F)n[nH]2)c1. The summed E-state index contributed by atoms with van der Waals surface area (Å²) in [6, 6.07) is 12.1. The number of amides is 2. The number of aromatic amines is 1. The lowest BCUT2D eigenvalue weighted by Gasteiger charge is -2.13. The summed E-state index contributed by atoms with van der Waals surface area (Å²) in [6.45, 7) is 2.20. The van der Waals surface area contributed by atoms with Crippen LogP contribution >= 0.6 is 0 Å². The van der Waals surface area contributed by atoms with Gasteiger partial charge in [0.25, 0.3) is 0 Å². The molecule has 0 atom stereocenters. The van der Waals surface area contributed by atoms with Crippen LogP contribution in [-0.4, -0.2) is 27.8 Å². The van der Waals surface area contributed by atoms with E-state index in [4.69, 9.17) is 0 Å². The fraction of sp³-hybridized carbons (Fsp3) is 0.250. The van der Waals surface area contributed by atoms with Crippen molar-refractivity contribution in [2.45, 2.75) is 25.9 Å². The molecular weight excluding hydrogens is 383 g/mol. The van der Waals surface area contributed by atoms with Crippen molar-refractivity contribution in [3.8, 4) is 0 Å². The van der Waals surface area contributed by atoms with E-state index in [1.54, 1.807) is 0 Å². The van der Waals surface area contributed by atoms with Crippen molar-refractivity contribution in [1.29, 1.82) is 0 Å². The number of nitrogens with one attached hydrogen (secondary N) is 3. The minimum atomic E-state index is -4.55. The summed E-state index contributed by atoms with van der Waals surface area (Å²) in [6.07, 6.45) is -3.59. The Bertz CT molecular complexity index is 984. The van der Waals surface area contributed by atoms with Gasteiger partial charge in [0, 0.05) is 19.4 Å². The summed E-state index contributed by atoms with van der Waals surface area (Å²) >= 11 is 0. The highest BCUT2D eigenvalue weighted by atomic mass is 19.4. The average Bonchev–Trinajstić information content (AvgIpc) is 3.08. The van der Waals surface area contributed by atoms with Gasteiger partial charge in [-0.2, -0.15) is 18.3 Å². The van der Waals surface area contributed by atoms with Crippen LogP contribution in [0.1, 0.15) is 28.3 Å². The number of hydrogen-bond donors (Lipinski definition) is 3. The number of anilines is 1. The number of nitrogens with zero attached hydrogens (tertiary/aromatic N) is 2. The van der Waals surface area contributed by atoms with E-state index in [-0.39, 0.29) is 12.2 Å². The Morgan fingerprint density at radius 3 is 2.69 bits per heavy atom. The number of carbonyl (C=O) groups excluding carboxylic acids is 1. The molecule has 0 saturated heterocycles. The third kappa shape index (κ3) is 5.81. The van der Waals surface area contributed by atoms with Crippen molar-refractivity contribution in [3.63, 3.8) is 0 Å². The van der Waals surface area contributed by atoms with Gasteiger partial charge in [-0.3, -0.25) is 5.10 Å². The molecule has 0 aliphatic heterocycles. The van der Waals surface area contributed by atoms with Gasteiger partial charge in [-0.05, 0) is 24.6 Å². The lowest BCUT2D eigenvalue weighted by atomic mass is 10.1. The second-order valence-electron chi connectivity index (χ2n) is 6.54. The molecule has 0 aliphatic carbocycles. The lowest BCUT2D eigenvalue weighted by Crippen LogP contribution is -2.31. The highest BCUT2D eigenvalue weighted by Gasteiger charge is 2.33. The molecule has 6 nitrogen and oxygen atoms in total. The van der Waals surface area contributed by atoms with Gasteiger partial charge < -0.3 is 10.6 Å². The molecule has 0 radical (unpaired) electrons. The fourth-order valence-electron chi connectivity index (χ4n) is 2.83. The van der Waals surface area contributed by atoms with E-state index in [0.717, 1.165) is 17.2 Å². The van der Waals surface area contributed by atoms with Gasteiger partial charge in [0.15, 0.2) is 5.82 Å². The number of aromatic nitrogens is 3. The third-order valence-corrected chi connectivity index (χ3v) is 4.15. The topological polar surface area (TPSA) is 82.7 Å². The average molecular weight is 403 g/mol. The molecule has 0 saturated carbocycles. The number of rotatable bonds is 6. The Morgan fingerprint density at radius 1 is 1.14 bits per heavy atom. The molecule has 152 valence electrons. The van der Waals surface area contributed by atoms with Crippen molar-refractivity contribution < 1.29 is 18.0 Å². The Labute approximate surface area is 165 Å². The first-order chi connectivity index (χ1) is 13.8. The van der Waals surface area contributed by atoms with Crippen molar-refractivity contribution in [3.05, 3.63) is 76.9 Å². The van der Waals surface area contributed by atoms with Gasteiger partial charge >= 0.3 is 12.2 Å². The molecule has 29 heavy (non-hydrogen) atoms. The van der Waals surface area contributed by atoms with E-state index >= 15 is 0 Å². The maximum Gasteiger partial charge on any atom is 0.418 e. The number of aryl methyl sites for hydroxylation is 1. The Morgan fingerprint density at radius 2 is 1.93 bits per heavy atom. The van der Waals surface area contributed by atoms with Crippen LogP contribution < -0.4 is 10.6 Å². The Kier molecular flexibility index (Phi) is 6.16. The summed E-state index contributed by atoms with van der Waals surface area (Å²) in [4.78, 5) is 16.3. The van der Waals surface area contributed by atoms with E-state index < -0.39 is 17.8 Å². The molecule has 3 aromatic rings. The predicted molar refractivity (Wildman–Crippen MR) is 103 cm³/mol. The van der Waals surface area contributed by atoms with Crippen LogP contribution in [0.25, 0.3) is 0 Å². The molecule has 1 heterocycles. The van der Waals surface area contributed by atoms with Gasteiger partial charge in [-0.15, -0.1) is 0 Å². The van der Waals surface area contributed by atoms with E-state index in [9.17, 15) is 18.0 Å². The number of urea groups is 1. The standard InChI is InChI=1S/C20H20F3N5O/c1-13-5-4-6-14(11-13)12-18-26-17(27-28-18)9-10-24-19(29)25-16-8-3-2-7-15(16)20(21,22)23/h2-8,11H,9-10,12H2,1H3,(H2,24,25,29)(H,26,27,28).